The lowest BCUT2D eigenvalue weighted by Crippen LogP contribution is -2.53. The van der Waals surface area contributed by atoms with Crippen molar-refractivity contribution in [2.24, 2.45) is 5.41 Å². The van der Waals surface area contributed by atoms with Gasteiger partial charge in [-0.05, 0) is 31.4 Å². The molecule has 1 unspecified atom stereocenters. The van der Waals surface area contributed by atoms with Crippen LogP contribution >= 0.6 is 0 Å². The van der Waals surface area contributed by atoms with Crippen LogP contribution in [0, 0.1) is 5.41 Å². The molecule has 2 rings (SSSR count). The molecule has 1 aromatic carbocycles. The van der Waals surface area contributed by atoms with Crippen LogP contribution in [0.15, 0.2) is 24.3 Å². The Morgan fingerprint density at radius 3 is 2.47 bits per heavy atom. The van der Waals surface area contributed by atoms with Gasteiger partial charge in [0.05, 0.1) is 5.41 Å². The van der Waals surface area contributed by atoms with Gasteiger partial charge in [-0.3, -0.25) is 4.79 Å². The fraction of sp³-hybridized carbons (Fsp3) is 0.533. The molecule has 0 bridgehead atoms. The number of hydrogen-bond donors (Lipinski definition) is 0. The number of ketones is 1. The Kier molecular flexibility index (Phi) is 2.98. The van der Waals surface area contributed by atoms with Gasteiger partial charge in [0.15, 0.2) is 0 Å². The molecule has 1 aromatic rings. The van der Waals surface area contributed by atoms with Crippen molar-refractivity contribution in [1.29, 1.82) is 0 Å². The van der Waals surface area contributed by atoms with E-state index in [0.717, 1.165) is 5.75 Å². The molecule has 2 heteroatoms. The van der Waals surface area contributed by atoms with E-state index in [-0.39, 0.29) is 11.5 Å². The molecule has 2 nitrogen and oxygen atoms in total. The standard InChI is InChI=1S/C15H20O2/c1-10(2)11-7-5-6-8-12(11)17-14-9-13(16)15(14,3)4/h5-8,10,14H,9H2,1-4H3. The summed E-state index contributed by atoms with van der Waals surface area (Å²) < 4.78 is 6.01. The van der Waals surface area contributed by atoms with Crippen molar-refractivity contribution >= 4 is 5.78 Å². The smallest absolute Gasteiger partial charge is 0.145 e. The SMILES string of the molecule is CC(C)c1ccccc1OC1CC(=O)C1(C)C. The van der Waals surface area contributed by atoms with Crippen LogP contribution in [-0.4, -0.2) is 11.9 Å². The van der Waals surface area contributed by atoms with E-state index in [1.54, 1.807) is 0 Å². The molecule has 0 spiro atoms. The highest BCUT2D eigenvalue weighted by atomic mass is 16.5. The quantitative estimate of drug-likeness (QED) is 0.796. The first-order valence-electron chi connectivity index (χ1n) is 6.22. The van der Waals surface area contributed by atoms with Crippen molar-refractivity contribution < 1.29 is 9.53 Å². The van der Waals surface area contributed by atoms with E-state index < -0.39 is 0 Å². The summed E-state index contributed by atoms with van der Waals surface area (Å²) >= 11 is 0. The van der Waals surface area contributed by atoms with E-state index in [9.17, 15) is 4.79 Å². The highest BCUT2D eigenvalue weighted by Gasteiger charge is 2.49. The summed E-state index contributed by atoms with van der Waals surface area (Å²) in [6.45, 7) is 8.22. The van der Waals surface area contributed by atoms with E-state index in [2.05, 4.69) is 19.9 Å². The van der Waals surface area contributed by atoms with Crippen molar-refractivity contribution in [3.05, 3.63) is 29.8 Å². The van der Waals surface area contributed by atoms with Gasteiger partial charge < -0.3 is 4.74 Å². The van der Waals surface area contributed by atoms with Crippen LogP contribution in [0.2, 0.25) is 0 Å². The van der Waals surface area contributed by atoms with E-state index >= 15 is 0 Å². The van der Waals surface area contributed by atoms with Crippen LogP contribution in [-0.2, 0) is 4.79 Å². The van der Waals surface area contributed by atoms with Crippen molar-refractivity contribution in [2.75, 3.05) is 0 Å². The predicted molar refractivity (Wildman–Crippen MR) is 68.4 cm³/mol. The van der Waals surface area contributed by atoms with Gasteiger partial charge in [0.25, 0.3) is 0 Å². The molecule has 0 amide bonds. The molecule has 0 heterocycles. The Morgan fingerprint density at radius 1 is 1.29 bits per heavy atom. The predicted octanol–water partition coefficient (Wildman–Crippen LogP) is 3.56. The van der Waals surface area contributed by atoms with Gasteiger partial charge in [0.2, 0.25) is 0 Å². The molecular formula is C15H20O2. The third kappa shape index (κ3) is 2.08. The monoisotopic (exact) mass is 232 g/mol. The fourth-order valence-corrected chi connectivity index (χ4v) is 2.14. The van der Waals surface area contributed by atoms with Crippen LogP contribution in [0.4, 0.5) is 0 Å². The van der Waals surface area contributed by atoms with Gasteiger partial charge in [0, 0.05) is 6.42 Å². The zero-order chi connectivity index (χ0) is 12.6. The number of para-hydroxylation sites is 1. The highest BCUT2D eigenvalue weighted by Crippen LogP contribution is 2.40. The van der Waals surface area contributed by atoms with Crippen molar-refractivity contribution in [3.8, 4) is 5.75 Å². The fourth-order valence-electron chi connectivity index (χ4n) is 2.14. The second-order valence-corrected chi connectivity index (χ2v) is 5.65. The van der Waals surface area contributed by atoms with Gasteiger partial charge in [0.1, 0.15) is 17.6 Å². The Hall–Kier alpha value is -1.31. The molecule has 1 fully saturated rings. The summed E-state index contributed by atoms with van der Waals surface area (Å²) in [6, 6.07) is 8.09. The number of rotatable bonds is 3. The number of benzene rings is 1. The third-order valence-electron chi connectivity index (χ3n) is 3.70. The molecule has 0 N–H and O–H groups in total. The molecule has 92 valence electrons. The number of carbonyl (C=O) groups excluding carboxylic acids is 1. The first-order chi connectivity index (χ1) is 7.93. The molecule has 1 aliphatic carbocycles. The van der Waals surface area contributed by atoms with E-state index in [1.165, 1.54) is 5.56 Å². The topological polar surface area (TPSA) is 26.3 Å². The van der Waals surface area contributed by atoms with Crippen LogP contribution < -0.4 is 4.74 Å². The number of Topliss-reactive ketones (excluding diaryl/α,β-unsaturated/α-hetero) is 1. The molecule has 1 aliphatic rings. The summed E-state index contributed by atoms with van der Waals surface area (Å²) in [5, 5.41) is 0. The minimum absolute atomic E-state index is 0.0231. The van der Waals surface area contributed by atoms with Crippen molar-refractivity contribution in [3.63, 3.8) is 0 Å². The van der Waals surface area contributed by atoms with Gasteiger partial charge in [-0.2, -0.15) is 0 Å². The molecule has 1 atom stereocenters. The lowest BCUT2D eigenvalue weighted by atomic mass is 9.68. The average molecular weight is 232 g/mol. The first kappa shape index (κ1) is 12.2. The highest BCUT2D eigenvalue weighted by molar-refractivity contribution is 5.91. The van der Waals surface area contributed by atoms with Crippen molar-refractivity contribution in [2.45, 2.75) is 46.1 Å². The largest absolute Gasteiger partial charge is 0.489 e. The number of carbonyl (C=O) groups is 1. The van der Waals surface area contributed by atoms with E-state index in [0.29, 0.717) is 18.1 Å². The maximum Gasteiger partial charge on any atom is 0.145 e. The summed E-state index contributed by atoms with van der Waals surface area (Å²) in [5.41, 5.74) is 0.882. The van der Waals surface area contributed by atoms with Crippen LogP contribution in [0.5, 0.6) is 5.75 Å². The zero-order valence-electron chi connectivity index (χ0n) is 11.0. The van der Waals surface area contributed by atoms with Crippen LogP contribution in [0.25, 0.3) is 0 Å². The Morgan fingerprint density at radius 2 is 1.94 bits per heavy atom. The molecule has 0 aliphatic heterocycles. The zero-order valence-corrected chi connectivity index (χ0v) is 11.0. The summed E-state index contributed by atoms with van der Waals surface area (Å²) in [6.07, 6.45) is 0.564. The minimum Gasteiger partial charge on any atom is -0.489 e. The van der Waals surface area contributed by atoms with Crippen molar-refractivity contribution in [1.82, 2.24) is 0 Å². The van der Waals surface area contributed by atoms with E-state index in [4.69, 9.17) is 4.74 Å². The second kappa shape index (κ2) is 4.17. The normalized spacial score (nSPS) is 22.4. The third-order valence-corrected chi connectivity index (χ3v) is 3.70. The molecule has 1 saturated carbocycles. The summed E-state index contributed by atoms with van der Waals surface area (Å²) in [4.78, 5) is 11.5. The molecule has 17 heavy (non-hydrogen) atoms. The molecule has 0 radical (unpaired) electrons. The molecular weight excluding hydrogens is 212 g/mol. The first-order valence-corrected chi connectivity index (χ1v) is 6.22. The van der Waals surface area contributed by atoms with Crippen LogP contribution in [0.1, 0.15) is 45.6 Å². The number of hydrogen-bond acceptors (Lipinski definition) is 2. The lowest BCUT2D eigenvalue weighted by Gasteiger charge is -2.42. The lowest BCUT2D eigenvalue weighted by molar-refractivity contribution is -0.148. The van der Waals surface area contributed by atoms with Gasteiger partial charge in [-0.15, -0.1) is 0 Å². The second-order valence-electron chi connectivity index (χ2n) is 5.65. The maximum atomic E-state index is 11.5. The van der Waals surface area contributed by atoms with Gasteiger partial charge >= 0.3 is 0 Å². The summed E-state index contributed by atoms with van der Waals surface area (Å²) in [7, 11) is 0. The average Bonchev–Trinajstić information content (AvgIpc) is 2.29. The Bertz CT molecular complexity index is 432. The van der Waals surface area contributed by atoms with E-state index in [1.807, 2.05) is 32.0 Å². The molecule has 0 saturated heterocycles. The number of ether oxygens (including phenoxy) is 1. The Labute approximate surface area is 103 Å². The van der Waals surface area contributed by atoms with Crippen LogP contribution in [0.3, 0.4) is 0 Å². The summed E-state index contributed by atoms with van der Waals surface area (Å²) in [5.74, 6) is 1.66. The maximum absolute atomic E-state index is 11.5. The molecule has 0 aromatic heterocycles. The minimum atomic E-state index is -0.329. The Balaban J connectivity index is 2.18. The van der Waals surface area contributed by atoms with Gasteiger partial charge in [-0.1, -0.05) is 32.0 Å². The van der Waals surface area contributed by atoms with Gasteiger partial charge in [-0.25, -0.2) is 0 Å².